The second kappa shape index (κ2) is 5.21. The number of aliphatic hydroxyl groups excluding tert-OH is 2. The Labute approximate surface area is 88.4 Å². The zero-order valence-electron chi connectivity index (χ0n) is 8.65. The molecule has 0 saturated heterocycles. The Balaban J connectivity index is 2.89. The number of rotatable bonds is 4. The van der Waals surface area contributed by atoms with Gasteiger partial charge in [-0.2, -0.15) is 0 Å². The number of benzene rings is 1. The third-order valence-electron chi connectivity index (χ3n) is 2.39. The molecular formula is C11H16FNO2. The highest BCUT2D eigenvalue weighted by Gasteiger charge is 2.19. The molecule has 1 aromatic rings. The standard InChI is InChI=1S/C11H16FNO2/c1-7-2-3-8(12)6-9(7)11(15)10(14)4-5-13/h2-3,6,10-11,14-15H,4-5,13H2,1H3. The molecule has 84 valence electrons. The molecule has 4 heteroatoms. The fraction of sp³-hybridized carbons (Fsp3) is 0.455. The van der Waals surface area contributed by atoms with Gasteiger partial charge in [0.1, 0.15) is 11.9 Å². The van der Waals surface area contributed by atoms with Gasteiger partial charge in [-0.05, 0) is 43.1 Å². The number of hydrogen-bond acceptors (Lipinski definition) is 3. The van der Waals surface area contributed by atoms with Crippen molar-refractivity contribution in [2.75, 3.05) is 6.54 Å². The van der Waals surface area contributed by atoms with Crippen molar-refractivity contribution in [3.05, 3.63) is 35.1 Å². The maximum Gasteiger partial charge on any atom is 0.123 e. The van der Waals surface area contributed by atoms with Gasteiger partial charge in [-0.1, -0.05) is 6.07 Å². The predicted molar refractivity (Wildman–Crippen MR) is 55.8 cm³/mol. The fourth-order valence-electron chi connectivity index (χ4n) is 1.47. The zero-order valence-corrected chi connectivity index (χ0v) is 8.65. The molecule has 1 rings (SSSR count). The molecule has 2 atom stereocenters. The summed E-state index contributed by atoms with van der Waals surface area (Å²) in [7, 11) is 0. The van der Waals surface area contributed by atoms with Crippen LogP contribution >= 0.6 is 0 Å². The molecule has 1 aromatic carbocycles. The van der Waals surface area contributed by atoms with Crippen molar-refractivity contribution in [2.45, 2.75) is 25.6 Å². The van der Waals surface area contributed by atoms with Crippen LogP contribution < -0.4 is 5.73 Å². The third-order valence-corrected chi connectivity index (χ3v) is 2.39. The van der Waals surface area contributed by atoms with Gasteiger partial charge in [0.2, 0.25) is 0 Å². The zero-order chi connectivity index (χ0) is 11.4. The second-order valence-electron chi connectivity index (χ2n) is 3.59. The van der Waals surface area contributed by atoms with E-state index in [-0.39, 0.29) is 13.0 Å². The van der Waals surface area contributed by atoms with E-state index in [0.717, 1.165) is 5.56 Å². The maximum atomic E-state index is 12.9. The highest BCUT2D eigenvalue weighted by molar-refractivity contribution is 5.29. The lowest BCUT2D eigenvalue weighted by Crippen LogP contribution is -2.22. The first-order valence-corrected chi connectivity index (χ1v) is 4.88. The van der Waals surface area contributed by atoms with E-state index in [1.54, 1.807) is 13.0 Å². The van der Waals surface area contributed by atoms with Gasteiger partial charge < -0.3 is 15.9 Å². The average molecular weight is 213 g/mol. The monoisotopic (exact) mass is 213 g/mol. The van der Waals surface area contributed by atoms with E-state index in [1.165, 1.54) is 12.1 Å². The quantitative estimate of drug-likeness (QED) is 0.695. The van der Waals surface area contributed by atoms with E-state index >= 15 is 0 Å². The highest BCUT2D eigenvalue weighted by atomic mass is 19.1. The molecule has 0 aliphatic rings. The summed E-state index contributed by atoms with van der Waals surface area (Å²) in [5.74, 6) is -0.422. The Kier molecular flexibility index (Phi) is 4.20. The SMILES string of the molecule is Cc1ccc(F)cc1C(O)C(O)CCN. The summed E-state index contributed by atoms with van der Waals surface area (Å²) in [6.07, 6.45) is -1.74. The Morgan fingerprint density at radius 3 is 2.67 bits per heavy atom. The van der Waals surface area contributed by atoms with Gasteiger partial charge in [0.05, 0.1) is 6.10 Å². The van der Waals surface area contributed by atoms with E-state index in [0.29, 0.717) is 5.56 Å². The summed E-state index contributed by atoms with van der Waals surface area (Å²) in [6, 6.07) is 4.13. The Morgan fingerprint density at radius 1 is 1.40 bits per heavy atom. The van der Waals surface area contributed by atoms with Gasteiger partial charge >= 0.3 is 0 Å². The molecular weight excluding hydrogens is 197 g/mol. The first-order valence-electron chi connectivity index (χ1n) is 4.88. The minimum Gasteiger partial charge on any atom is -0.390 e. The largest absolute Gasteiger partial charge is 0.390 e. The van der Waals surface area contributed by atoms with Crippen molar-refractivity contribution in [1.82, 2.24) is 0 Å². The maximum absolute atomic E-state index is 12.9. The van der Waals surface area contributed by atoms with Crippen molar-refractivity contribution >= 4 is 0 Å². The van der Waals surface area contributed by atoms with Crippen molar-refractivity contribution in [1.29, 1.82) is 0 Å². The van der Waals surface area contributed by atoms with Crippen LogP contribution in [0.5, 0.6) is 0 Å². The van der Waals surface area contributed by atoms with Crippen molar-refractivity contribution in [3.8, 4) is 0 Å². The molecule has 0 aliphatic carbocycles. The van der Waals surface area contributed by atoms with Crippen LogP contribution in [0.3, 0.4) is 0 Å². The van der Waals surface area contributed by atoms with E-state index in [2.05, 4.69) is 0 Å². The van der Waals surface area contributed by atoms with E-state index in [9.17, 15) is 14.6 Å². The molecule has 3 nitrogen and oxygen atoms in total. The van der Waals surface area contributed by atoms with Crippen LogP contribution in [-0.2, 0) is 0 Å². The fourth-order valence-corrected chi connectivity index (χ4v) is 1.47. The Morgan fingerprint density at radius 2 is 2.07 bits per heavy atom. The summed E-state index contributed by atoms with van der Waals surface area (Å²) < 4.78 is 12.9. The number of nitrogens with two attached hydrogens (primary N) is 1. The van der Waals surface area contributed by atoms with Gasteiger partial charge in [-0.25, -0.2) is 4.39 Å². The van der Waals surface area contributed by atoms with Crippen molar-refractivity contribution in [2.24, 2.45) is 5.73 Å². The Hall–Kier alpha value is -0.970. The summed E-state index contributed by atoms with van der Waals surface area (Å²) in [6.45, 7) is 2.04. The molecule has 0 heterocycles. The number of hydrogen-bond donors (Lipinski definition) is 3. The first kappa shape index (κ1) is 12.1. The summed E-state index contributed by atoms with van der Waals surface area (Å²) in [4.78, 5) is 0. The average Bonchev–Trinajstić information content (AvgIpc) is 2.21. The van der Waals surface area contributed by atoms with E-state index in [4.69, 9.17) is 5.73 Å². The lowest BCUT2D eigenvalue weighted by Gasteiger charge is -2.19. The smallest absolute Gasteiger partial charge is 0.123 e. The van der Waals surface area contributed by atoms with Crippen LogP contribution in [0.15, 0.2) is 18.2 Å². The lowest BCUT2D eigenvalue weighted by atomic mass is 9.98. The van der Waals surface area contributed by atoms with Crippen LogP contribution in [0.4, 0.5) is 4.39 Å². The molecule has 0 amide bonds. The van der Waals surface area contributed by atoms with Crippen LogP contribution in [0.25, 0.3) is 0 Å². The van der Waals surface area contributed by atoms with Crippen LogP contribution in [0.2, 0.25) is 0 Å². The molecule has 0 fully saturated rings. The Bertz CT molecular complexity index is 330. The van der Waals surface area contributed by atoms with Gasteiger partial charge in [0.15, 0.2) is 0 Å². The van der Waals surface area contributed by atoms with Crippen LogP contribution in [0, 0.1) is 12.7 Å². The molecule has 4 N–H and O–H groups in total. The number of halogens is 1. The normalized spacial score (nSPS) is 15.0. The van der Waals surface area contributed by atoms with Gasteiger partial charge in [0, 0.05) is 0 Å². The predicted octanol–water partition coefficient (Wildman–Crippen LogP) is 0.877. The molecule has 0 saturated carbocycles. The van der Waals surface area contributed by atoms with Gasteiger partial charge in [-0.3, -0.25) is 0 Å². The molecule has 15 heavy (non-hydrogen) atoms. The highest BCUT2D eigenvalue weighted by Crippen LogP contribution is 2.22. The van der Waals surface area contributed by atoms with Gasteiger partial charge in [-0.15, -0.1) is 0 Å². The molecule has 2 unspecified atom stereocenters. The lowest BCUT2D eigenvalue weighted by molar-refractivity contribution is 0.0145. The number of aryl methyl sites for hydroxylation is 1. The van der Waals surface area contributed by atoms with Crippen LogP contribution in [-0.4, -0.2) is 22.9 Å². The second-order valence-corrected chi connectivity index (χ2v) is 3.59. The molecule has 0 bridgehead atoms. The van der Waals surface area contributed by atoms with Gasteiger partial charge in [0.25, 0.3) is 0 Å². The molecule has 0 aliphatic heterocycles. The molecule has 0 aromatic heterocycles. The summed E-state index contributed by atoms with van der Waals surface area (Å²) in [5.41, 5.74) is 6.43. The van der Waals surface area contributed by atoms with E-state index in [1.807, 2.05) is 0 Å². The summed E-state index contributed by atoms with van der Waals surface area (Å²) in [5, 5.41) is 19.3. The number of aliphatic hydroxyl groups is 2. The first-order chi connectivity index (χ1) is 7.06. The van der Waals surface area contributed by atoms with Crippen molar-refractivity contribution < 1.29 is 14.6 Å². The van der Waals surface area contributed by atoms with Crippen molar-refractivity contribution in [3.63, 3.8) is 0 Å². The van der Waals surface area contributed by atoms with Crippen LogP contribution in [0.1, 0.15) is 23.7 Å². The third kappa shape index (κ3) is 2.99. The minimum atomic E-state index is -1.08. The summed E-state index contributed by atoms with van der Waals surface area (Å²) >= 11 is 0. The molecule has 0 radical (unpaired) electrons. The van der Waals surface area contributed by atoms with E-state index < -0.39 is 18.0 Å². The minimum absolute atomic E-state index is 0.284. The topological polar surface area (TPSA) is 66.5 Å². The molecule has 0 spiro atoms.